The summed E-state index contributed by atoms with van der Waals surface area (Å²) in [5.74, 6) is -1.17. The van der Waals surface area contributed by atoms with Crippen LogP contribution in [-0.2, 0) is 9.59 Å². The van der Waals surface area contributed by atoms with Gasteiger partial charge < -0.3 is 15.3 Å². The summed E-state index contributed by atoms with van der Waals surface area (Å²) in [5.41, 5.74) is -0.730. The van der Waals surface area contributed by atoms with Gasteiger partial charge in [-0.15, -0.1) is 0 Å². The lowest BCUT2D eigenvalue weighted by Gasteiger charge is -2.33. The first-order valence-electron chi connectivity index (χ1n) is 5.53. The lowest BCUT2D eigenvalue weighted by molar-refractivity contribution is -0.151. The normalized spacial score (nSPS) is 13.3. The number of hydrogen-bond acceptors (Lipinski definition) is 3. The van der Waals surface area contributed by atoms with Gasteiger partial charge in [-0.1, -0.05) is 13.8 Å². The van der Waals surface area contributed by atoms with Crippen LogP contribution in [0.5, 0.6) is 0 Å². The second-order valence-corrected chi connectivity index (χ2v) is 4.33. The number of aliphatic carboxylic acids is 1. The summed E-state index contributed by atoms with van der Waals surface area (Å²) in [6.45, 7) is 7.83. The van der Waals surface area contributed by atoms with Crippen molar-refractivity contribution in [1.82, 2.24) is 10.2 Å². The minimum Gasteiger partial charge on any atom is -0.480 e. The maximum absolute atomic E-state index is 12.1. The van der Waals surface area contributed by atoms with E-state index in [1.54, 1.807) is 20.8 Å². The summed E-state index contributed by atoms with van der Waals surface area (Å²) in [4.78, 5) is 24.3. The van der Waals surface area contributed by atoms with Crippen LogP contribution in [0.1, 0.15) is 34.1 Å². The van der Waals surface area contributed by atoms with Crippen molar-refractivity contribution in [2.75, 3.05) is 13.6 Å². The first-order chi connectivity index (χ1) is 7.27. The Balaban J connectivity index is 4.77. The molecule has 0 rings (SSSR count). The van der Waals surface area contributed by atoms with Crippen LogP contribution in [0.2, 0.25) is 0 Å². The second kappa shape index (κ2) is 5.84. The highest BCUT2D eigenvalue weighted by Crippen LogP contribution is 2.11. The number of amides is 1. The van der Waals surface area contributed by atoms with E-state index in [0.717, 1.165) is 0 Å². The molecule has 0 spiro atoms. The quantitative estimate of drug-likeness (QED) is 0.704. The average molecular weight is 230 g/mol. The molecule has 1 unspecified atom stereocenters. The van der Waals surface area contributed by atoms with Crippen molar-refractivity contribution >= 4 is 11.9 Å². The maximum atomic E-state index is 12.1. The summed E-state index contributed by atoms with van der Waals surface area (Å²) in [6, 6.07) is -0.759. The fourth-order valence-electron chi connectivity index (χ4n) is 1.71. The maximum Gasteiger partial charge on any atom is 0.326 e. The summed E-state index contributed by atoms with van der Waals surface area (Å²) < 4.78 is 0. The smallest absolute Gasteiger partial charge is 0.326 e. The zero-order valence-electron chi connectivity index (χ0n) is 10.7. The Morgan fingerprint density at radius 3 is 2.19 bits per heavy atom. The Kier molecular flexibility index (Phi) is 5.44. The number of carbonyl (C=O) groups excluding carboxylic acids is 1. The van der Waals surface area contributed by atoms with E-state index in [0.29, 0.717) is 13.0 Å². The standard InChI is InChI=1S/C11H22N2O3/c1-6-8(9(14)15)13(5)10(16)11(3,4)12-7-2/h8,12H,6-7H2,1-5H3,(H,14,15). The van der Waals surface area contributed by atoms with E-state index < -0.39 is 17.6 Å². The fraction of sp³-hybridized carbons (Fsp3) is 0.818. The molecule has 0 bridgehead atoms. The van der Waals surface area contributed by atoms with Gasteiger partial charge in [-0.3, -0.25) is 4.79 Å². The second-order valence-electron chi connectivity index (χ2n) is 4.33. The van der Waals surface area contributed by atoms with Gasteiger partial charge in [0.05, 0.1) is 5.54 Å². The highest BCUT2D eigenvalue weighted by atomic mass is 16.4. The van der Waals surface area contributed by atoms with Crippen molar-refractivity contribution in [3.8, 4) is 0 Å². The van der Waals surface area contributed by atoms with Crippen molar-refractivity contribution in [1.29, 1.82) is 0 Å². The molecule has 94 valence electrons. The lowest BCUT2D eigenvalue weighted by Crippen LogP contribution is -2.56. The number of rotatable bonds is 6. The van der Waals surface area contributed by atoms with Gasteiger partial charge in [-0.2, -0.15) is 0 Å². The van der Waals surface area contributed by atoms with Crippen molar-refractivity contribution < 1.29 is 14.7 Å². The molecular weight excluding hydrogens is 208 g/mol. The molecule has 1 amide bonds. The number of carboxylic acids is 1. The van der Waals surface area contributed by atoms with Crippen LogP contribution in [-0.4, -0.2) is 47.1 Å². The van der Waals surface area contributed by atoms with Crippen LogP contribution >= 0.6 is 0 Å². The molecule has 0 heterocycles. The summed E-state index contributed by atoms with van der Waals surface area (Å²) >= 11 is 0. The Bertz CT molecular complexity index is 264. The zero-order chi connectivity index (χ0) is 12.9. The molecule has 0 aromatic heterocycles. The molecular formula is C11H22N2O3. The van der Waals surface area contributed by atoms with E-state index in [2.05, 4.69) is 5.32 Å². The molecule has 0 aliphatic heterocycles. The van der Waals surface area contributed by atoms with Crippen molar-refractivity contribution in [3.05, 3.63) is 0 Å². The monoisotopic (exact) mass is 230 g/mol. The number of nitrogens with zero attached hydrogens (tertiary/aromatic N) is 1. The van der Waals surface area contributed by atoms with Crippen molar-refractivity contribution in [3.63, 3.8) is 0 Å². The Morgan fingerprint density at radius 1 is 1.38 bits per heavy atom. The van der Waals surface area contributed by atoms with Crippen LogP contribution in [0.3, 0.4) is 0 Å². The molecule has 5 heteroatoms. The van der Waals surface area contributed by atoms with Crippen molar-refractivity contribution in [2.45, 2.75) is 45.7 Å². The predicted molar refractivity (Wildman–Crippen MR) is 62.2 cm³/mol. The fourth-order valence-corrected chi connectivity index (χ4v) is 1.71. The summed E-state index contributed by atoms with van der Waals surface area (Å²) in [7, 11) is 1.53. The predicted octanol–water partition coefficient (Wildman–Crippen LogP) is 0.696. The molecule has 5 nitrogen and oxygen atoms in total. The molecule has 2 N–H and O–H groups in total. The van der Waals surface area contributed by atoms with E-state index in [-0.39, 0.29) is 5.91 Å². The molecule has 0 aliphatic rings. The number of hydrogen-bond donors (Lipinski definition) is 2. The van der Waals surface area contributed by atoms with Crippen LogP contribution in [0, 0.1) is 0 Å². The molecule has 0 saturated heterocycles. The third-order valence-electron chi connectivity index (χ3n) is 2.61. The van der Waals surface area contributed by atoms with E-state index in [1.807, 2.05) is 6.92 Å². The molecule has 0 aromatic rings. The van der Waals surface area contributed by atoms with Crippen molar-refractivity contribution in [2.24, 2.45) is 0 Å². The minimum atomic E-state index is -0.967. The van der Waals surface area contributed by atoms with Gasteiger partial charge in [0, 0.05) is 7.05 Å². The Morgan fingerprint density at radius 2 is 1.88 bits per heavy atom. The Hall–Kier alpha value is -1.10. The molecule has 1 atom stereocenters. The van der Waals surface area contributed by atoms with Gasteiger partial charge in [-0.25, -0.2) is 4.79 Å². The highest BCUT2D eigenvalue weighted by Gasteiger charge is 2.34. The van der Waals surface area contributed by atoms with E-state index in [1.165, 1.54) is 11.9 Å². The van der Waals surface area contributed by atoms with Gasteiger partial charge in [0.15, 0.2) is 0 Å². The Labute approximate surface area is 96.8 Å². The first-order valence-corrected chi connectivity index (χ1v) is 5.53. The first kappa shape index (κ1) is 14.9. The lowest BCUT2D eigenvalue weighted by atomic mass is 10.0. The molecule has 16 heavy (non-hydrogen) atoms. The molecule has 0 fully saturated rings. The number of carbonyl (C=O) groups is 2. The molecule has 0 radical (unpaired) electrons. The summed E-state index contributed by atoms with van der Waals surface area (Å²) in [5, 5.41) is 12.0. The van der Waals surface area contributed by atoms with Gasteiger partial charge >= 0.3 is 5.97 Å². The number of nitrogens with one attached hydrogen (secondary N) is 1. The van der Waals surface area contributed by atoms with Crippen LogP contribution in [0.25, 0.3) is 0 Å². The third kappa shape index (κ3) is 3.48. The number of likely N-dealkylation sites (N-methyl/N-ethyl adjacent to an activating group) is 2. The zero-order valence-corrected chi connectivity index (χ0v) is 10.7. The SMILES string of the molecule is CCNC(C)(C)C(=O)N(C)C(CC)C(=O)O. The topological polar surface area (TPSA) is 69.6 Å². The van der Waals surface area contributed by atoms with E-state index >= 15 is 0 Å². The van der Waals surface area contributed by atoms with Crippen LogP contribution in [0.15, 0.2) is 0 Å². The number of carboxylic acid groups (broad SMARTS) is 1. The van der Waals surface area contributed by atoms with Gasteiger partial charge in [-0.05, 0) is 26.8 Å². The van der Waals surface area contributed by atoms with E-state index in [9.17, 15) is 9.59 Å². The molecule has 0 saturated carbocycles. The van der Waals surface area contributed by atoms with Crippen LogP contribution in [0.4, 0.5) is 0 Å². The van der Waals surface area contributed by atoms with Gasteiger partial charge in [0.1, 0.15) is 6.04 Å². The highest BCUT2D eigenvalue weighted by molar-refractivity contribution is 5.89. The van der Waals surface area contributed by atoms with Crippen LogP contribution < -0.4 is 5.32 Å². The third-order valence-corrected chi connectivity index (χ3v) is 2.61. The molecule has 0 aromatic carbocycles. The average Bonchev–Trinajstić information content (AvgIpc) is 2.16. The summed E-state index contributed by atoms with van der Waals surface area (Å²) in [6.07, 6.45) is 0.403. The molecule has 0 aliphatic carbocycles. The van der Waals surface area contributed by atoms with E-state index in [4.69, 9.17) is 5.11 Å². The van der Waals surface area contributed by atoms with Gasteiger partial charge in [0.25, 0.3) is 0 Å². The largest absolute Gasteiger partial charge is 0.480 e. The van der Waals surface area contributed by atoms with Gasteiger partial charge in [0.2, 0.25) is 5.91 Å². The minimum absolute atomic E-state index is 0.205.